The van der Waals surface area contributed by atoms with Gasteiger partial charge in [-0.05, 0) is 87.2 Å². The monoisotopic (exact) mass is 307 g/mol. The van der Waals surface area contributed by atoms with E-state index in [0.29, 0.717) is 5.41 Å². The van der Waals surface area contributed by atoms with Crippen LogP contribution >= 0.6 is 11.6 Å². The van der Waals surface area contributed by atoms with Crippen molar-refractivity contribution >= 4 is 11.6 Å². The molecule has 0 bridgehead atoms. The van der Waals surface area contributed by atoms with Gasteiger partial charge < -0.3 is 5.32 Å². The molecule has 1 aromatic rings. The minimum absolute atomic E-state index is 0.585. The smallest absolute Gasteiger partial charge is 0.0438 e. The highest BCUT2D eigenvalue weighted by atomic mass is 35.5. The minimum Gasteiger partial charge on any atom is -0.317 e. The fourth-order valence-corrected chi connectivity index (χ4v) is 4.01. The van der Waals surface area contributed by atoms with Crippen LogP contribution in [0.15, 0.2) is 12.1 Å². The largest absolute Gasteiger partial charge is 0.317 e. The number of hydrogen-bond acceptors (Lipinski definition) is 1. The van der Waals surface area contributed by atoms with Crippen molar-refractivity contribution in [1.29, 1.82) is 0 Å². The Morgan fingerprint density at radius 1 is 1.10 bits per heavy atom. The van der Waals surface area contributed by atoms with Crippen molar-refractivity contribution in [3.05, 3.63) is 33.8 Å². The maximum absolute atomic E-state index is 6.22. The number of nitrogens with one attached hydrogen (secondary N) is 1. The molecule has 0 saturated heterocycles. The number of aryl methyl sites for hydroxylation is 3. The molecule has 0 aliphatic heterocycles. The van der Waals surface area contributed by atoms with E-state index in [1.165, 1.54) is 68.2 Å². The summed E-state index contributed by atoms with van der Waals surface area (Å²) in [7, 11) is 0. The minimum atomic E-state index is 0.585. The van der Waals surface area contributed by atoms with Crippen LogP contribution in [0.25, 0.3) is 0 Å². The van der Waals surface area contributed by atoms with Gasteiger partial charge in [0.2, 0.25) is 0 Å². The van der Waals surface area contributed by atoms with E-state index in [9.17, 15) is 0 Å². The summed E-state index contributed by atoms with van der Waals surface area (Å²) in [6, 6.07) is 4.43. The van der Waals surface area contributed by atoms with E-state index in [1.807, 2.05) is 0 Å². The van der Waals surface area contributed by atoms with Gasteiger partial charge in [-0.1, -0.05) is 37.4 Å². The molecule has 0 amide bonds. The molecule has 2 rings (SSSR count). The van der Waals surface area contributed by atoms with Crippen LogP contribution in [0.2, 0.25) is 5.02 Å². The predicted molar refractivity (Wildman–Crippen MR) is 93.3 cm³/mol. The van der Waals surface area contributed by atoms with Gasteiger partial charge in [0.1, 0.15) is 0 Å². The zero-order valence-corrected chi connectivity index (χ0v) is 14.7. The van der Waals surface area contributed by atoms with Gasteiger partial charge in [0.25, 0.3) is 0 Å². The molecule has 1 nitrogen and oxygen atoms in total. The molecule has 0 spiro atoms. The summed E-state index contributed by atoms with van der Waals surface area (Å²) < 4.78 is 0. The number of hydrogen-bond donors (Lipinski definition) is 1. The molecule has 1 N–H and O–H groups in total. The lowest BCUT2D eigenvalue weighted by Gasteiger charge is -2.29. The molecule has 118 valence electrons. The van der Waals surface area contributed by atoms with Gasteiger partial charge >= 0.3 is 0 Å². The van der Waals surface area contributed by atoms with Crippen LogP contribution in [-0.4, -0.2) is 13.1 Å². The molecule has 1 aliphatic carbocycles. The first-order valence-corrected chi connectivity index (χ1v) is 8.90. The first-order valence-electron chi connectivity index (χ1n) is 8.53. The Morgan fingerprint density at radius 3 is 2.48 bits per heavy atom. The quantitative estimate of drug-likeness (QED) is 0.660. The Hall–Kier alpha value is -0.530. The molecular weight excluding hydrogens is 278 g/mol. The van der Waals surface area contributed by atoms with E-state index in [1.54, 1.807) is 0 Å². The molecule has 1 aliphatic rings. The zero-order valence-electron chi connectivity index (χ0n) is 13.9. The summed E-state index contributed by atoms with van der Waals surface area (Å²) in [5.41, 5.74) is 4.64. The third-order valence-electron chi connectivity index (χ3n) is 5.29. The van der Waals surface area contributed by atoms with E-state index in [0.717, 1.165) is 11.6 Å². The molecule has 0 unspecified atom stereocenters. The second kappa shape index (κ2) is 7.65. The first-order chi connectivity index (χ1) is 10.1. The molecular formula is C19H30ClN. The van der Waals surface area contributed by atoms with Gasteiger partial charge in [-0.3, -0.25) is 0 Å². The van der Waals surface area contributed by atoms with Gasteiger partial charge in [0.05, 0.1) is 0 Å². The van der Waals surface area contributed by atoms with Gasteiger partial charge in [0, 0.05) is 5.02 Å². The van der Waals surface area contributed by atoms with Crippen molar-refractivity contribution in [2.24, 2.45) is 5.41 Å². The Bertz CT molecular complexity index is 461. The third-order valence-corrected chi connectivity index (χ3v) is 5.70. The summed E-state index contributed by atoms with van der Waals surface area (Å²) in [4.78, 5) is 0. The highest BCUT2D eigenvalue weighted by Crippen LogP contribution is 2.44. The second-order valence-corrected chi connectivity index (χ2v) is 7.25. The summed E-state index contributed by atoms with van der Waals surface area (Å²) in [6.07, 6.45) is 9.56. The number of rotatable bonds is 7. The van der Waals surface area contributed by atoms with Crippen LogP contribution < -0.4 is 5.32 Å². The Kier molecular flexibility index (Phi) is 6.13. The van der Waals surface area contributed by atoms with Crippen molar-refractivity contribution in [1.82, 2.24) is 5.32 Å². The summed E-state index contributed by atoms with van der Waals surface area (Å²) >= 11 is 6.22. The average Bonchev–Trinajstić information content (AvgIpc) is 2.91. The van der Waals surface area contributed by atoms with E-state index in [4.69, 9.17) is 11.6 Å². The first kappa shape index (κ1) is 16.8. The molecule has 0 radical (unpaired) electrons. The third kappa shape index (κ3) is 4.47. The maximum Gasteiger partial charge on any atom is 0.0438 e. The summed E-state index contributed by atoms with van der Waals surface area (Å²) in [5.74, 6) is 0. The fraction of sp³-hybridized carbons (Fsp3) is 0.684. The molecule has 0 aromatic heterocycles. The van der Waals surface area contributed by atoms with Crippen molar-refractivity contribution in [2.45, 2.75) is 65.7 Å². The summed E-state index contributed by atoms with van der Waals surface area (Å²) in [6.45, 7) is 8.77. The van der Waals surface area contributed by atoms with E-state index in [2.05, 4.69) is 38.2 Å². The molecule has 2 heteroatoms. The zero-order chi connectivity index (χ0) is 15.3. The molecule has 1 saturated carbocycles. The lowest BCUT2D eigenvalue weighted by atomic mass is 9.77. The van der Waals surface area contributed by atoms with Crippen molar-refractivity contribution in [3.63, 3.8) is 0 Å². The van der Waals surface area contributed by atoms with E-state index >= 15 is 0 Å². The standard InChI is InChI=1S/C19H30ClN/c1-4-21-12-11-19(8-5-6-9-19)10-7-17-13-16(3)18(20)14-15(17)2/h13-14,21H,4-12H2,1-3H3. The van der Waals surface area contributed by atoms with Crippen LogP contribution in [0.1, 0.15) is 62.1 Å². The van der Waals surface area contributed by atoms with Gasteiger partial charge in [-0.15, -0.1) is 0 Å². The Labute approximate surface area is 135 Å². The van der Waals surface area contributed by atoms with Crippen molar-refractivity contribution in [3.8, 4) is 0 Å². The Balaban J connectivity index is 2.00. The molecule has 0 atom stereocenters. The average molecular weight is 308 g/mol. The molecule has 1 fully saturated rings. The van der Waals surface area contributed by atoms with E-state index < -0.39 is 0 Å². The van der Waals surface area contributed by atoms with Crippen molar-refractivity contribution in [2.75, 3.05) is 13.1 Å². The van der Waals surface area contributed by atoms with Gasteiger partial charge in [0.15, 0.2) is 0 Å². The molecule has 21 heavy (non-hydrogen) atoms. The van der Waals surface area contributed by atoms with Crippen LogP contribution in [0.4, 0.5) is 0 Å². The molecule has 1 aromatic carbocycles. The highest BCUT2D eigenvalue weighted by Gasteiger charge is 2.32. The van der Waals surface area contributed by atoms with Gasteiger partial charge in [-0.2, -0.15) is 0 Å². The lowest BCUT2D eigenvalue weighted by Crippen LogP contribution is -2.25. The normalized spacial score (nSPS) is 17.3. The highest BCUT2D eigenvalue weighted by molar-refractivity contribution is 6.31. The van der Waals surface area contributed by atoms with Gasteiger partial charge in [-0.25, -0.2) is 0 Å². The van der Waals surface area contributed by atoms with Crippen molar-refractivity contribution < 1.29 is 0 Å². The lowest BCUT2D eigenvalue weighted by molar-refractivity contribution is 0.246. The van der Waals surface area contributed by atoms with E-state index in [-0.39, 0.29) is 0 Å². The fourth-order valence-electron chi connectivity index (χ4n) is 3.79. The predicted octanol–water partition coefficient (Wildman–Crippen LogP) is 5.45. The number of halogens is 1. The SMILES string of the molecule is CCNCCC1(CCc2cc(C)c(Cl)cc2C)CCCC1. The van der Waals surface area contributed by atoms with Crippen LogP contribution in [0.5, 0.6) is 0 Å². The molecule has 0 heterocycles. The van der Waals surface area contributed by atoms with Crippen LogP contribution in [-0.2, 0) is 6.42 Å². The Morgan fingerprint density at radius 2 is 1.81 bits per heavy atom. The second-order valence-electron chi connectivity index (χ2n) is 6.84. The topological polar surface area (TPSA) is 12.0 Å². The van der Waals surface area contributed by atoms with Crippen LogP contribution in [0, 0.1) is 19.3 Å². The number of benzene rings is 1. The van der Waals surface area contributed by atoms with Crippen LogP contribution in [0.3, 0.4) is 0 Å². The summed E-state index contributed by atoms with van der Waals surface area (Å²) in [5, 5.41) is 4.41. The maximum atomic E-state index is 6.22.